The molecule has 7 heteroatoms. The van der Waals surface area contributed by atoms with Gasteiger partial charge in [-0.15, -0.1) is 0 Å². The molecule has 0 aliphatic carbocycles. The Morgan fingerprint density at radius 1 is 1.12 bits per heavy atom. The molecule has 0 N–H and O–H groups in total. The largest absolute Gasteiger partial charge is 0.496 e. The van der Waals surface area contributed by atoms with E-state index in [0.29, 0.717) is 36.4 Å². The zero-order valence-electron chi connectivity index (χ0n) is 13.4. The molecule has 128 valence electrons. The molecular weight excluding hydrogens is 330 g/mol. The number of rotatable bonds is 5. The molecule has 1 saturated heterocycles. The van der Waals surface area contributed by atoms with E-state index in [4.69, 9.17) is 9.15 Å². The number of hydrogen-bond acceptors (Lipinski definition) is 5. The molecule has 0 amide bonds. The zero-order valence-corrected chi connectivity index (χ0v) is 14.2. The maximum atomic E-state index is 12.8. The van der Waals surface area contributed by atoms with E-state index in [2.05, 4.69) is 0 Å². The number of carbonyl (C=O) groups is 1. The molecule has 1 aromatic carbocycles. The quantitative estimate of drug-likeness (QED) is 0.776. The molecular formula is C17H19NO5S. The van der Waals surface area contributed by atoms with Crippen LogP contribution in [0.15, 0.2) is 39.6 Å². The molecule has 2 heterocycles. The molecule has 2 aromatic rings. The van der Waals surface area contributed by atoms with E-state index in [1.807, 2.05) is 0 Å². The van der Waals surface area contributed by atoms with Crippen LogP contribution in [0.5, 0.6) is 5.75 Å². The number of ether oxygens (including phenoxy) is 1. The minimum Gasteiger partial charge on any atom is -0.496 e. The lowest BCUT2D eigenvalue weighted by Gasteiger charge is -2.26. The molecule has 0 bridgehead atoms. The molecule has 0 atom stereocenters. The highest BCUT2D eigenvalue weighted by Crippen LogP contribution is 2.34. The summed E-state index contributed by atoms with van der Waals surface area (Å²) in [4.78, 5) is 11.0. The van der Waals surface area contributed by atoms with Gasteiger partial charge in [0.25, 0.3) is 0 Å². The summed E-state index contributed by atoms with van der Waals surface area (Å²) in [6.45, 7) is 1.08. The Kier molecular flexibility index (Phi) is 4.73. The normalized spacial score (nSPS) is 16.0. The Hall–Kier alpha value is -2.12. The highest BCUT2D eigenvalue weighted by molar-refractivity contribution is 7.89. The van der Waals surface area contributed by atoms with Gasteiger partial charge in [-0.25, -0.2) is 8.42 Å². The Morgan fingerprint density at radius 3 is 2.50 bits per heavy atom. The lowest BCUT2D eigenvalue weighted by Crippen LogP contribution is -2.35. The van der Waals surface area contributed by atoms with Gasteiger partial charge in [0.2, 0.25) is 10.0 Å². The van der Waals surface area contributed by atoms with Gasteiger partial charge in [-0.2, -0.15) is 4.31 Å². The van der Waals surface area contributed by atoms with Crippen molar-refractivity contribution in [1.29, 1.82) is 0 Å². The van der Waals surface area contributed by atoms with Gasteiger partial charge in [-0.05, 0) is 43.2 Å². The van der Waals surface area contributed by atoms with E-state index in [1.165, 1.54) is 29.6 Å². The standard InChI is InChI=1S/C17H19NO5S/c1-22-16-8-6-14(24(20,21)18-9-3-2-4-10-18)11-15(16)17-7-5-13(12-19)23-17/h5-8,11-12H,2-4,9-10H2,1H3. The molecule has 0 radical (unpaired) electrons. The highest BCUT2D eigenvalue weighted by atomic mass is 32.2. The topological polar surface area (TPSA) is 76.8 Å². The summed E-state index contributed by atoms with van der Waals surface area (Å²) < 4.78 is 37.9. The van der Waals surface area contributed by atoms with Crippen LogP contribution in [0, 0.1) is 0 Å². The molecule has 0 spiro atoms. The number of methoxy groups -OCH3 is 1. The van der Waals surface area contributed by atoms with Gasteiger partial charge in [-0.1, -0.05) is 6.42 Å². The van der Waals surface area contributed by atoms with Gasteiger partial charge in [0.1, 0.15) is 11.5 Å². The maximum absolute atomic E-state index is 12.8. The van der Waals surface area contributed by atoms with E-state index in [1.54, 1.807) is 12.1 Å². The molecule has 1 aliphatic rings. The number of piperidine rings is 1. The lowest BCUT2D eigenvalue weighted by molar-refractivity contribution is 0.110. The Balaban J connectivity index is 2.04. The van der Waals surface area contributed by atoms with Crippen LogP contribution in [-0.2, 0) is 10.0 Å². The third-order valence-electron chi connectivity index (χ3n) is 4.13. The molecule has 1 fully saturated rings. The van der Waals surface area contributed by atoms with E-state index >= 15 is 0 Å². The number of hydrogen-bond donors (Lipinski definition) is 0. The minimum atomic E-state index is -3.55. The van der Waals surface area contributed by atoms with Crippen LogP contribution in [0.1, 0.15) is 29.8 Å². The Labute approximate surface area is 141 Å². The second-order valence-electron chi connectivity index (χ2n) is 5.65. The number of nitrogens with zero attached hydrogens (tertiary/aromatic N) is 1. The Bertz CT molecular complexity index is 834. The summed E-state index contributed by atoms with van der Waals surface area (Å²) in [5.41, 5.74) is 0.503. The van der Waals surface area contributed by atoms with Crippen molar-refractivity contribution in [2.45, 2.75) is 24.2 Å². The van der Waals surface area contributed by atoms with Crippen molar-refractivity contribution in [2.75, 3.05) is 20.2 Å². The number of furan rings is 1. The van der Waals surface area contributed by atoms with Crippen molar-refractivity contribution in [3.63, 3.8) is 0 Å². The van der Waals surface area contributed by atoms with Crippen molar-refractivity contribution in [3.8, 4) is 17.1 Å². The highest BCUT2D eigenvalue weighted by Gasteiger charge is 2.27. The summed E-state index contributed by atoms with van der Waals surface area (Å²) >= 11 is 0. The Morgan fingerprint density at radius 2 is 1.88 bits per heavy atom. The third-order valence-corrected chi connectivity index (χ3v) is 6.03. The van der Waals surface area contributed by atoms with E-state index in [-0.39, 0.29) is 10.7 Å². The zero-order chi connectivity index (χ0) is 17.2. The van der Waals surface area contributed by atoms with Crippen LogP contribution < -0.4 is 4.74 Å². The van der Waals surface area contributed by atoms with Crippen molar-refractivity contribution in [1.82, 2.24) is 4.31 Å². The first-order valence-electron chi connectivity index (χ1n) is 7.80. The fraction of sp³-hybridized carbons (Fsp3) is 0.353. The average molecular weight is 349 g/mol. The molecule has 1 aliphatic heterocycles. The molecule has 0 saturated carbocycles. The van der Waals surface area contributed by atoms with Gasteiger partial charge >= 0.3 is 0 Å². The van der Waals surface area contributed by atoms with Crippen LogP contribution in [0.2, 0.25) is 0 Å². The van der Waals surface area contributed by atoms with E-state index in [9.17, 15) is 13.2 Å². The van der Waals surface area contributed by atoms with Crippen LogP contribution >= 0.6 is 0 Å². The van der Waals surface area contributed by atoms with Crippen LogP contribution in [0.4, 0.5) is 0 Å². The number of benzene rings is 1. The smallest absolute Gasteiger partial charge is 0.243 e. The van der Waals surface area contributed by atoms with Crippen molar-refractivity contribution in [3.05, 3.63) is 36.1 Å². The monoisotopic (exact) mass is 349 g/mol. The lowest BCUT2D eigenvalue weighted by atomic mass is 10.1. The van der Waals surface area contributed by atoms with Gasteiger partial charge in [0.15, 0.2) is 12.0 Å². The fourth-order valence-electron chi connectivity index (χ4n) is 2.86. The molecule has 6 nitrogen and oxygen atoms in total. The molecule has 3 rings (SSSR count). The molecule has 0 unspecified atom stereocenters. The van der Waals surface area contributed by atoms with Crippen molar-refractivity contribution >= 4 is 16.3 Å². The first-order chi connectivity index (χ1) is 11.6. The third kappa shape index (κ3) is 3.09. The molecule has 1 aromatic heterocycles. The number of sulfonamides is 1. The van der Waals surface area contributed by atoms with Gasteiger partial charge in [0, 0.05) is 13.1 Å². The van der Waals surface area contributed by atoms with Crippen LogP contribution in [0.25, 0.3) is 11.3 Å². The van der Waals surface area contributed by atoms with Gasteiger partial charge in [0.05, 0.1) is 17.6 Å². The summed E-state index contributed by atoms with van der Waals surface area (Å²) in [7, 11) is -2.05. The second-order valence-corrected chi connectivity index (χ2v) is 7.58. The van der Waals surface area contributed by atoms with Gasteiger partial charge < -0.3 is 9.15 Å². The minimum absolute atomic E-state index is 0.177. The molecule has 24 heavy (non-hydrogen) atoms. The van der Waals surface area contributed by atoms with Crippen molar-refractivity contribution in [2.24, 2.45) is 0 Å². The number of aldehydes is 1. The van der Waals surface area contributed by atoms with Crippen molar-refractivity contribution < 1.29 is 22.4 Å². The second kappa shape index (κ2) is 6.78. The SMILES string of the molecule is COc1ccc(S(=O)(=O)N2CCCCC2)cc1-c1ccc(C=O)o1. The van der Waals surface area contributed by atoms with E-state index in [0.717, 1.165) is 19.3 Å². The first-order valence-corrected chi connectivity index (χ1v) is 9.24. The fourth-order valence-corrected chi connectivity index (χ4v) is 4.40. The number of carbonyl (C=O) groups excluding carboxylic acids is 1. The summed E-state index contributed by atoms with van der Waals surface area (Å²) in [6, 6.07) is 7.84. The summed E-state index contributed by atoms with van der Waals surface area (Å²) in [5, 5.41) is 0. The van der Waals surface area contributed by atoms with Gasteiger partial charge in [-0.3, -0.25) is 4.79 Å². The predicted octanol–water partition coefficient (Wildman–Crippen LogP) is 2.94. The maximum Gasteiger partial charge on any atom is 0.243 e. The summed E-state index contributed by atoms with van der Waals surface area (Å²) in [5.74, 6) is 1.06. The first kappa shape index (κ1) is 16.7. The summed E-state index contributed by atoms with van der Waals surface area (Å²) in [6.07, 6.45) is 3.41. The van der Waals surface area contributed by atoms with E-state index < -0.39 is 10.0 Å². The van der Waals surface area contributed by atoms with Crippen LogP contribution in [-0.4, -0.2) is 39.2 Å². The predicted molar refractivity (Wildman–Crippen MR) is 88.7 cm³/mol. The average Bonchev–Trinajstić information content (AvgIpc) is 3.11. The van der Waals surface area contributed by atoms with Crippen LogP contribution in [0.3, 0.4) is 0 Å².